The third-order valence-corrected chi connectivity index (χ3v) is 3.96. The molecule has 0 aromatic heterocycles. The van der Waals surface area contributed by atoms with Gasteiger partial charge in [-0.2, -0.15) is 0 Å². The average molecular weight is 271 g/mol. The maximum absolute atomic E-state index is 14.1. The van der Waals surface area contributed by atoms with Gasteiger partial charge in [-0.25, -0.2) is 4.39 Å². The first-order valence-corrected chi connectivity index (χ1v) is 6.94. The third-order valence-electron chi connectivity index (χ3n) is 3.72. The molecule has 0 aliphatic carbocycles. The molecule has 1 heterocycles. The second kappa shape index (κ2) is 6.00. The molecule has 1 aromatic carbocycles. The Hall–Kier alpha value is -0.640. The van der Waals surface area contributed by atoms with E-state index in [2.05, 4.69) is 11.8 Å². The van der Waals surface area contributed by atoms with Gasteiger partial charge in [-0.3, -0.25) is 4.90 Å². The van der Waals surface area contributed by atoms with Crippen molar-refractivity contribution < 1.29 is 4.39 Å². The molecule has 1 aliphatic rings. The maximum atomic E-state index is 14.1. The summed E-state index contributed by atoms with van der Waals surface area (Å²) < 4.78 is 14.1. The summed E-state index contributed by atoms with van der Waals surface area (Å²) in [5, 5.41) is 0.445. The summed E-state index contributed by atoms with van der Waals surface area (Å²) in [4.78, 5) is 2.34. The van der Waals surface area contributed by atoms with E-state index >= 15 is 0 Å². The van der Waals surface area contributed by atoms with Crippen molar-refractivity contribution >= 4 is 11.6 Å². The van der Waals surface area contributed by atoms with Gasteiger partial charge in [0.15, 0.2) is 0 Å². The lowest BCUT2D eigenvalue weighted by Gasteiger charge is -2.28. The summed E-state index contributed by atoms with van der Waals surface area (Å²) in [5.74, 6) is 0.126. The first kappa shape index (κ1) is 13.8. The zero-order valence-corrected chi connectivity index (χ0v) is 11.5. The van der Waals surface area contributed by atoms with E-state index in [0.717, 1.165) is 31.5 Å². The summed E-state index contributed by atoms with van der Waals surface area (Å²) in [6.07, 6.45) is 2.12. The molecule has 1 fully saturated rings. The average Bonchev–Trinajstić information content (AvgIpc) is 2.73. The van der Waals surface area contributed by atoms with Crippen molar-refractivity contribution in [3.05, 3.63) is 34.6 Å². The Morgan fingerprint density at radius 2 is 2.28 bits per heavy atom. The van der Waals surface area contributed by atoms with Crippen molar-refractivity contribution in [2.24, 2.45) is 11.7 Å². The van der Waals surface area contributed by atoms with Gasteiger partial charge in [0, 0.05) is 16.6 Å². The van der Waals surface area contributed by atoms with Gasteiger partial charge in [-0.05, 0) is 50.5 Å². The molecular formula is C14H20ClFN2. The summed E-state index contributed by atoms with van der Waals surface area (Å²) >= 11 is 5.81. The molecular weight excluding hydrogens is 251 g/mol. The maximum Gasteiger partial charge on any atom is 0.129 e. The molecule has 0 radical (unpaired) electrons. The van der Waals surface area contributed by atoms with Crippen LogP contribution in [0.1, 0.15) is 31.4 Å². The molecule has 0 bridgehead atoms. The Morgan fingerprint density at radius 1 is 1.50 bits per heavy atom. The lowest BCUT2D eigenvalue weighted by molar-refractivity contribution is 0.225. The summed E-state index contributed by atoms with van der Waals surface area (Å²) in [7, 11) is 0. The van der Waals surface area contributed by atoms with Gasteiger partial charge >= 0.3 is 0 Å². The number of hydrogen-bond acceptors (Lipinski definition) is 2. The highest BCUT2D eigenvalue weighted by Crippen LogP contribution is 2.38. The van der Waals surface area contributed by atoms with Gasteiger partial charge in [0.2, 0.25) is 0 Å². The highest BCUT2D eigenvalue weighted by atomic mass is 35.5. The van der Waals surface area contributed by atoms with Gasteiger partial charge in [-0.15, -0.1) is 0 Å². The molecule has 0 spiro atoms. The number of nitrogens with zero attached hydrogens (tertiary/aromatic N) is 1. The van der Waals surface area contributed by atoms with E-state index < -0.39 is 0 Å². The second-order valence-corrected chi connectivity index (χ2v) is 5.37. The van der Waals surface area contributed by atoms with E-state index in [1.165, 1.54) is 6.07 Å². The Balaban J connectivity index is 2.31. The van der Waals surface area contributed by atoms with Gasteiger partial charge in [0.1, 0.15) is 5.82 Å². The number of likely N-dealkylation sites (tertiary alicyclic amines) is 1. The van der Waals surface area contributed by atoms with E-state index in [4.69, 9.17) is 17.3 Å². The van der Waals surface area contributed by atoms with E-state index in [9.17, 15) is 4.39 Å². The molecule has 2 unspecified atom stereocenters. The van der Waals surface area contributed by atoms with Gasteiger partial charge in [0.25, 0.3) is 0 Å². The second-order valence-electron chi connectivity index (χ2n) is 4.93. The van der Waals surface area contributed by atoms with Crippen molar-refractivity contribution in [2.75, 3.05) is 19.6 Å². The Labute approximate surface area is 113 Å². The largest absolute Gasteiger partial charge is 0.330 e. The van der Waals surface area contributed by atoms with Crippen molar-refractivity contribution in [1.82, 2.24) is 4.90 Å². The monoisotopic (exact) mass is 270 g/mol. The van der Waals surface area contributed by atoms with Crippen molar-refractivity contribution in [3.63, 3.8) is 0 Å². The highest BCUT2D eigenvalue weighted by Gasteiger charge is 2.35. The van der Waals surface area contributed by atoms with Gasteiger partial charge in [-0.1, -0.05) is 24.6 Å². The van der Waals surface area contributed by atoms with Crippen LogP contribution in [0.2, 0.25) is 5.02 Å². The van der Waals surface area contributed by atoms with Gasteiger partial charge < -0.3 is 5.73 Å². The van der Waals surface area contributed by atoms with Crippen LogP contribution < -0.4 is 5.73 Å². The van der Waals surface area contributed by atoms with Crippen LogP contribution in [-0.4, -0.2) is 24.5 Å². The fourth-order valence-corrected chi connectivity index (χ4v) is 3.06. The molecule has 2 rings (SSSR count). The molecule has 18 heavy (non-hydrogen) atoms. The molecule has 4 heteroatoms. The molecule has 0 saturated carbocycles. The predicted molar refractivity (Wildman–Crippen MR) is 73.2 cm³/mol. The fourth-order valence-electron chi connectivity index (χ4n) is 2.90. The molecule has 100 valence electrons. The minimum atomic E-state index is -0.214. The molecule has 2 atom stereocenters. The van der Waals surface area contributed by atoms with Crippen molar-refractivity contribution in [1.29, 1.82) is 0 Å². The van der Waals surface area contributed by atoms with Crippen LogP contribution >= 0.6 is 11.6 Å². The van der Waals surface area contributed by atoms with E-state index in [1.54, 1.807) is 12.1 Å². The molecule has 2 N–H and O–H groups in total. The molecule has 1 aromatic rings. The standard InChI is InChI=1S/C14H20ClFN2/c1-2-6-18-7-5-10(9-17)14(18)12-4-3-11(15)8-13(12)16/h3-4,8,10,14H,2,5-7,9,17H2,1H3. The first-order valence-electron chi connectivity index (χ1n) is 6.56. The van der Waals surface area contributed by atoms with Crippen LogP contribution in [0.5, 0.6) is 0 Å². The lowest BCUT2D eigenvalue weighted by Crippen LogP contribution is -2.29. The number of nitrogens with two attached hydrogens (primary N) is 1. The zero-order chi connectivity index (χ0) is 13.1. The summed E-state index contributed by atoms with van der Waals surface area (Å²) in [6.45, 7) is 4.74. The Morgan fingerprint density at radius 3 is 2.89 bits per heavy atom. The van der Waals surface area contributed by atoms with Crippen LogP contribution in [0.15, 0.2) is 18.2 Å². The van der Waals surface area contributed by atoms with Crippen LogP contribution in [0.25, 0.3) is 0 Å². The third kappa shape index (κ3) is 2.68. The first-order chi connectivity index (χ1) is 8.67. The van der Waals surface area contributed by atoms with Crippen LogP contribution in [-0.2, 0) is 0 Å². The molecule has 0 amide bonds. The SMILES string of the molecule is CCCN1CCC(CN)C1c1ccc(Cl)cc1F. The zero-order valence-electron chi connectivity index (χ0n) is 10.7. The number of hydrogen-bond donors (Lipinski definition) is 1. The predicted octanol–water partition coefficient (Wildman–Crippen LogP) is 3.21. The van der Waals surface area contributed by atoms with Crippen LogP contribution in [0, 0.1) is 11.7 Å². The van der Waals surface area contributed by atoms with Crippen molar-refractivity contribution in [3.8, 4) is 0 Å². The smallest absolute Gasteiger partial charge is 0.129 e. The van der Waals surface area contributed by atoms with E-state index in [1.807, 2.05) is 0 Å². The minimum Gasteiger partial charge on any atom is -0.330 e. The fraction of sp³-hybridized carbons (Fsp3) is 0.571. The quantitative estimate of drug-likeness (QED) is 0.910. The minimum absolute atomic E-state index is 0.104. The number of halogens is 2. The Bertz CT molecular complexity index is 411. The van der Waals surface area contributed by atoms with Gasteiger partial charge in [0.05, 0.1) is 0 Å². The molecule has 1 aliphatic heterocycles. The van der Waals surface area contributed by atoms with Crippen LogP contribution in [0.4, 0.5) is 4.39 Å². The number of rotatable bonds is 4. The Kier molecular flexibility index (Phi) is 4.60. The highest BCUT2D eigenvalue weighted by molar-refractivity contribution is 6.30. The van der Waals surface area contributed by atoms with Crippen LogP contribution in [0.3, 0.4) is 0 Å². The molecule has 1 saturated heterocycles. The van der Waals surface area contributed by atoms with E-state index in [0.29, 0.717) is 17.5 Å². The summed E-state index contributed by atoms with van der Waals surface area (Å²) in [5.41, 5.74) is 6.56. The summed E-state index contributed by atoms with van der Waals surface area (Å²) in [6, 6.07) is 5.06. The van der Waals surface area contributed by atoms with Crippen molar-refractivity contribution in [2.45, 2.75) is 25.8 Å². The van der Waals surface area contributed by atoms with E-state index in [-0.39, 0.29) is 11.9 Å². The topological polar surface area (TPSA) is 29.3 Å². The number of benzene rings is 1. The lowest BCUT2D eigenvalue weighted by atomic mass is 9.93. The normalized spacial score (nSPS) is 24.7. The molecule has 2 nitrogen and oxygen atoms in total.